The van der Waals surface area contributed by atoms with Gasteiger partial charge in [0.25, 0.3) is 11.8 Å². The quantitative estimate of drug-likeness (QED) is 0.905. The van der Waals surface area contributed by atoms with Gasteiger partial charge in [0.05, 0.1) is 0 Å². The molecule has 5 heteroatoms. The number of nitrogens with one attached hydrogen (secondary N) is 2. The van der Waals surface area contributed by atoms with Gasteiger partial charge in [0, 0.05) is 25.4 Å². The largest absolute Gasteiger partial charge is 0.354 e. The summed E-state index contributed by atoms with van der Waals surface area (Å²) in [6.07, 6.45) is 3.28. The van der Waals surface area contributed by atoms with Gasteiger partial charge in [-0.05, 0) is 54.2 Å². The highest BCUT2D eigenvalue weighted by atomic mass is 16.2. The first-order valence-corrected chi connectivity index (χ1v) is 7.66. The second kappa shape index (κ2) is 6.20. The van der Waals surface area contributed by atoms with Crippen LogP contribution in [0.25, 0.3) is 0 Å². The van der Waals surface area contributed by atoms with Crippen LogP contribution in [0.3, 0.4) is 0 Å². The van der Waals surface area contributed by atoms with E-state index in [1.54, 1.807) is 19.3 Å². The van der Waals surface area contributed by atoms with Crippen molar-refractivity contribution in [2.45, 2.75) is 19.8 Å². The molecule has 0 radical (unpaired) electrons. The van der Waals surface area contributed by atoms with E-state index in [1.807, 2.05) is 19.1 Å². The van der Waals surface area contributed by atoms with Crippen molar-refractivity contribution in [1.29, 1.82) is 0 Å². The molecule has 1 aromatic heterocycles. The van der Waals surface area contributed by atoms with Gasteiger partial charge in [-0.1, -0.05) is 12.1 Å². The fraction of sp³-hybridized carbons (Fsp3) is 0.278. The van der Waals surface area contributed by atoms with E-state index < -0.39 is 0 Å². The number of aryl methyl sites for hydroxylation is 1. The van der Waals surface area contributed by atoms with E-state index in [2.05, 4.69) is 21.7 Å². The maximum absolute atomic E-state index is 12.0. The lowest BCUT2D eigenvalue weighted by Gasteiger charge is -2.20. The van der Waals surface area contributed by atoms with Gasteiger partial charge in [0.2, 0.25) is 0 Å². The molecule has 0 saturated carbocycles. The van der Waals surface area contributed by atoms with Crippen molar-refractivity contribution in [3.8, 4) is 0 Å². The standard InChI is InChI=1S/C18H19N3O2/c1-11-7-13(9-15-14(11)5-6-20-17(15)22)8-12-3-4-16(21-10-12)18(23)19-2/h3-4,7,9-10H,5-6,8H2,1-2H3,(H,19,23)(H,20,22). The molecule has 1 aromatic carbocycles. The Morgan fingerprint density at radius 1 is 1.30 bits per heavy atom. The molecule has 2 amide bonds. The zero-order valence-corrected chi connectivity index (χ0v) is 13.3. The van der Waals surface area contributed by atoms with Crippen LogP contribution in [-0.4, -0.2) is 30.4 Å². The number of carbonyl (C=O) groups is 2. The van der Waals surface area contributed by atoms with Gasteiger partial charge in [-0.25, -0.2) is 0 Å². The Morgan fingerprint density at radius 2 is 2.13 bits per heavy atom. The first-order chi connectivity index (χ1) is 11.1. The molecule has 0 saturated heterocycles. The Morgan fingerprint density at radius 3 is 2.83 bits per heavy atom. The number of hydrogen-bond acceptors (Lipinski definition) is 3. The molecule has 0 spiro atoms. The van der Waals surface area contributed by atoms with Crippen LogP contribution < -0.4 is 10.6 Å². The Labute approximate surface area is 135 Å². The van der Waals surface area contributed by atoms with Crippen molar-refractivity contribution in [3.63, 3.8) is 0 Å². The summed E-state index contributed by atoms with van der Waals surface area (Å²) in [4.78, 5) is 27.7. The SMILES string of the molecule is CNC(=O)c1ccc(Cc2cc(C)c3c(c2)C(=O)NCC3)cn1. The Hall–Kier alpha value is -2.69. The van der Waals surface area contributed by atoms with Gasteiger partial charge in [-0.15, -0.1) is 0 Å². The lowest BCUT2D eigenvalue weighted by atomic mass is 9.91. The van der Waals surface area contributed by atoms with Crippen LogP contribution in [0.15, 0.2) is 30.5 Å². The summed E-state index contributed by atoms with van der Waals surface area (Å²) in [5, 5.41) is 5.44. The van der Waals surface area contributed by atoms with Crippen molar-refractivity contribution in [2.75, 3.05) is 13.6 Å². The maximum atomic E-state index is 12.0. The number of fused-ring (bicyclic) bond motifs is 1. The lowest BCUT2D eigenvalue weighted by molar-refractivity contribution is 0.0941. The number of benzene rings is 1. The monoisotopic (exact) mass is 309 g/mol. The number of pyridine rings is 1. The van der Waals surface area contributed by atoms with Crippen molar-refractivity contribution >= 4 is 11.8 Å². The number of aromatic nitrogens is 1. The first-order valence-electron chi connectivity index (χ1n) is 7.66. The summed E-state index contributed by atoms with van der Waals surface area (Å²) >= 11 is 0. The Balaban J connectivity index is 1.86. The van der Waals surface area contributed by atoms with E-state index in [1.165, 1.54) is 0 Å². The second-order valence-electron chi connectivity index (χ2n) is 5.75. The number of amides is 2. The molecule has 3 rings (SSSR count). The Kier molecular flexibility index (Phi) is 4.10. The van der Waals surface area contributed by atoms with Crippen molar-refractivity contribution in [3.05, 3.63) is 64.0 Å². The zero-order chi connectivity index (χ0) is 16.4. The number of rotatable bonds is 3. The van der Waals surface area contributed by atoms with Crippen LogP contribution in [0.5, 0.6) is 0 Å². The highest BCUT2D eigenvalue weighted by molar-refractivity contribution is 5.97. The van der Waals surface area contributed by atoms with E-state index in [0.29, 0.717) is 18.7 Å². The molecule has 2 aromatic rings. The highest BCUT2D eigenvalue weighted by Crippen LogP contribution is 2.22. The van der Waals surface area contributed by atoms with Crippen LogP contribution in [0.2, 0.25) is 0 Å². The van der Waals surface area contributed by atoms with Gasteiger partial charge in [-0.3, -0.25) is 14.6 Å². The van der Waals surface area contributed by atoms with E-state index in [4.69, 9.17) is 0 Å². The number of hydrogen-bond donors (Lipinski definition) is 2. The Bertz CT molecular complexity index is 767. The van der Waals surface area contributed by atoms with Crippen LogP contribution in [0.1, 0.15) is 43.1 Å². The molecule has 0 unspecified atom stereocenters. The molecule has 2 N–H and O–H groups in total. The highest BCUT2D eigenvalue weighted by Gasteiger charge is 2.19. The third-order valence-electron chi connectivity index (χ3n) is 4.13. The molecular weight excluding hydrogens is 290 g/mol. The van der Waals surface area contributed by atoms with Crippen LogP contribution in [0, 0.1) is 6.92 Å². The topological polar surface area (TPSA) is 71.1 Å². The van der Waals surface area contributed by atoms with Crippen molar-refractivity contribution in [1.82, 2.24) is 15.6 Å². The summed E-state index contributed by atoms with van der Waals surface area (Å²) in [6.45, 7) is 2.75. The summed E-state index contributed by atoms with van der Waals surface area (Å²) in [5.74, 6) is -0.192. The number of nitrogens with zero attached hydrogens (tertiary/aromatic N) is 1. The molecule has 2 heterocycles. The summed E-state index contributed by atoms with van der Waals surface area (Å²) in [6, 6.07) is 7.70. The molecule has 1 aliphatic rings. The maximum Gasteiger partial charge on any atom is 0.269 e. The molecule has 5 nitrogen and oxygen atoms in total. The third kappa shape index (κ3) is 3.08. The summed E-state index contributed by atoms with van der Waals surface area (Å²) in [5.41, 5.74) is 5.56. The number of carbonyl (C=O) groups excluding carboxylic acids is 2. The van der Waals surface area contributed by atoms with Crippen molar-refractivity contribution < 1.29 is 9.59 Å². The summed E-state index contributed by atoms with van der Waals surface area (Å²) in [7, 11) is 1.58. The molecule has 0 bridgehead atoms. The minimum atomic E-state index is -0.196. The van der Waals surface area contributed by atoms with Crippen LogP contribution >= 0.6 is 0 Å². The molecule has 118 valence electrons. The second-order valence-corrected chi connectivity index (χ2v) is 5.75. The minimum absolute atomic E-state index is 0.00397. The average Bonchev–Trinajstić information content (AvgIpc) is 2.56. The molecule has 23 heavy (non-hydrogen) atoms. The van der Waals surface area contributed by atoms with Crippen molar-refractivity contribution in [2.24, 2.45) is 0 Å². The van der Waals surface area contributed by atoms with E-state index >= 15 is 0 Å². The van der Waals surface area contributed by atoms with E-state index in [0.717, 1.165) is 34.2 Å². The predicted molar refractivity (Wildman–Crippen MR) is 87.6 cm³/mol. The van der Waals surface area contributed by atoms with Crippen LogP contribution in [0.4, 0.5) is 0 Å². The molecule has 0 aliphatic carbocycles. The van der Waals surface area contributed by atoms with Gasteiger partial charge >= 0.3 is 0 Å². The third-order valence-corrected chi connectivity index (χ3v) is 4.13. The fourth-order valence-corrected chi connectivity index (χ4v) is 2.95. The van der Waals surface area contributed by atoms with Gasteiger partial charge < -0.3 is 10.6 Å². The van der Waals surface area contributed by atoms with E-state index in [-0.39, 0.29) is 11.8 Å². The van der Waals surface area contributed by atoms with Gasteiger partial charge in [0.1, 0.15) is 5.69 Å². The van der Waals surface area contributed by atoms with E-state index in [9.17, 15) is 9.59 Å². The van der Waals surface area contributed by atoms with Gasteiger partial charge in [-0.2, -0.15) is 0 Å². The zero-order valence-electron chi connectivity index (χ0n) is 13.3. The predicted octanol–water partition coefficient (Wildman–Crippen LogP) is 1.63. The molecule has 0 fully saturated rings. The molecule has 0 atom stereocenters. The minimum Gasteiger partial charge on any atom is -0.354 e. The fourth-order valence-electron chi connectivity index (χ4n) is 2.95. The molecule has 1 aliphatic heterocycles. The molecular formula is C18H19N3O2. The summed E-state index contributed by atoms with van der Waals surface area (Å²) < 4.78 is 0. The lowest BCUT2D eigenvalue weighted by Crippen LogP contribution is -2.32. The van der Waals surface area contributed by atoms with Gasteiger partial charge in [0.15, 0.2) is 0 Å². The normalized spacial score (nSPS) is 13.2. The first kappa shape index (κ1) is 15.2. The average molecular weight is 309 g/mol. The van der Waals surface area contributed by atoms with Crippen LogP contribution in [-0.2, 0) is 12.8 Å². The smallest absolute Gasteiger partial charge is 0.269 e.